The van der Waals surface area contributed by atoms with Gasteiger partial charge in [0.1, 0.15) is 5.76 Å². The Balaban J connectivity index is 0.00000161. The number of nitrogens with one attached hydrogen (secondary N) is 2. The van der Waals surface area contributed by atoms with Gasteiger partial charge in [0.2, 0.25) is 0 Å². The van der Waals surface area contributed by atoms with E-state index in [2.05, 4.69) is 31.6 Å². The van der Waals surface area contributed by atoms with Gasteiger partial charge in [-0.15, -0.1) is 24.0 Å². The van der Waals surface area contributed by atoms with Crippen LogP contribution in [0.2, 0.25) is 0 Å². The minimum absolute atomic E-state index is 0. The lowest BCUT2D eigenvalue weighted by Gasteiger charge is -2.22. The first-order chi connectivity index (χ1) is 9.74. The Morgan fingerprint density at radius 1 is 1.43 bits per heavy atom. The zero-order chi connectivity index (χ0) is 13.9. The van der Waals surface area contributed by atoms with Crippen molar-refractivity contribution >= 4 is 45.9 Å². The maximum Gasteiger partial charge on any atom is 0.191 e. The van der Waals surface area contributed by atoms with Gasteiger partial charge < -0.3 is 19.8 Å². The van der Waals surface area contributed by atoms with Gasteiger partial charge in [0.05, 0.1) is 18.2 Å². The lowest BCUT2D eigenvalue weighted by Crippen LogP contribution is -2.47. The molecule has 0 saturated carbocycles. The number of hydrogen-bond acceptors (Lipinski definition) is 3. The van der Waals surface area contributed by atoms with Gasteiger partial charge in [0, 0.05) is 20.0 Å². The Hall–Kier alpha value is -0.280. The summed E-state index contributed by atoms with van der Waals surface area (Å²) in [5.74, 6) is 1.81. The summed E-state index contributed by atoms with van der Waals surface area (Å²) in [5, 5.41) is 6.78. The van der Waals surface area contributed by atoms with Crippen molar-refractivity contribution in [3.8, 4) is 0 Å². The van der Waals surface area contributed by atoms with Gasteiger partial charge in [-0.2, -0.15) is 0 Å². The summed E-state index contributed by atoms with van der Waals surface area (Å²) in [6, 6.07) is 4.29. The highest BCUT2D eigenvalue weighted by atomic mass is 127. The molecule has 0 radical (unpaired) electrons. The summed E-state index contributed by atoms with van der Waals surface area (Å²) in [6.07, 6.45) is 5.12. The van der Waals surface area contributed by atoms with Crippen LogP contribution in [0.15, 0.2) is 26.2 Å². The van der Waals surface area contributed by atoms with Crippen LogP contribution in [0, 0.1) is 0 Å². The molecule has 2 aliphatic rings. The third-order valence-electron chi connectivity index (χ3n) is 3.94. The van der Waals surface area contributed by atoms with Crippen LogP contribution in [-0.2, 0) is 11.2 Å². The number of fused-ring (bicyclic) bond motifs is 2. The normalized spacial score (nSPS) is 27.5. The first-order valence-electron chi connectivity index (χ1n) is 7.11. The average Bonchev–Trinajstić information content (AvgIpc) is 3.14. The van der Waals surface area contributed by atoms with E-state index in [9.17, 15) is 0 Å². The van der Waals surface area contributed by atoms with Crippen LogP contribution < -0.4 is 10.6 Å². The molecule has 0 spiro atoms. The highest BCUT2D eigenvalue weighted by Crippen LogP contribution is 2.34. The number of guanidine groups is 1. The second kappa shape index (κ2) is 7.82. The van der Waals surface area contributed by atoms with Gasteiger partial charge in [-0.25, -0.2) is 0 Å². The zero-order valence-corrected chi connectivity index (χ0v) is 15.9. The third kappa shape index (κ3) is 4.35. The molecule has 2 fully saturated rings. The highest BCUT2D eigenvalue weighted by molar-refractivity contribution is 14.0. The van der Waals surface area contributed by atoms with Crippen LogP contribution in [0.25, 0.3) is 0 Å². The topological polar surface area (TPSA) is 58.8 Å². The van der Waals surface area contributed by atoms with Crippen LogP contribution in [-0.4, -0.2) is 37.8 Å². The van der Waals surface area contributed by atoms with E-state index >= 15 is 0 Å². The summed E-state index contributed by atoms with van der Waals surface area (Å²) in [7, 11) is 1.80. The predicted molar refractivity (Wildman–Crippen MR) is 96.3 cm³/mol. The number of nitrogens with zero attached hydrogens (tertiary/aromatic N) is 1. The molecule has 3 heterocycles. The van der Waals surface area contributed by atoms with Crippen LogP contribution in [0.1, 0.15) is 25.0 Å². The van der Waals surface area contributed by atoms with Crippen molar-refractivity contribution in [2.75, 3.05) is 13.6 Å². The summed E-state index contributed by atoms with van der Waals surface area (Å²) < 4.78 is 12.1. The van der Waals surface area contributed by atoms with Crippen LogP contribution >= 0.6 is 39.9 Å². The number of rotatable bonds is 4. The second-order valence-corrected chi connectivity index (χ2v) is 6.10. The predicted octanol–water partition coefficient (Wildman–Crippen LogP) is 2.69. The van der Waals surface area contributed by atoms with Gasteiger partial charge in [-0.05, 0) is 47.3 Å². The molecular formula is C14H21BrIN3O2. The molecule has 3 unspecified atom stereocenters. The van der Waals surface area contributed by atoms with Crippen molar-refractivity contribution in [3.05, 3.63) is 22.6 Å². The highest BCUT2D eigenvalue weighted by Gasteiger charge is 2.41. The fourth-order valence-corrected chi connectivity index (χ4v) is 3.29. The van der Waals surface area contributed by atoms with Gasteiger partial charge in [-0.3, -0.25) is 4.99 Å². The molecule has 1 aromatic rings. The molecule has 2 bridgehead atoms. The summed E-state index contributed by atoms with van der Waals surface area (Å²) in [4.78, 5) is 4.27. The number of hydrogen-bond donors (Lipinski definition) is 2. The van der Waals surface area contributed by atoms with E-state index in [0.29, 0.717) is 18.2 Å². The molecular weight excluding hydrogens is 449 g/mol. The van der Waals surface area contributed by atoms with E-state index in [1.54, 1.807) is 7.05 Å². The molecule has 7 heteroatoms. The Labute approximate surface area is 150 Å². The van der Waals surface area contributed by atoms with Crippen LogP contribution in [0.5, 0.6) is 0 Å². The molecule has 0 aliphatic carbocycles. The van der Waals surface area contributed by atoms with Gasteiger partial charge >= 0.3 is 0 Å². The SMILES string of the molecule is CN=C(NCCc1ccc(Br)o1)NC1CC2CCC1O2.I. The van der Waals surface area contributed by atoms with E-state index < -0.39 is 0 Å². The molecule has 3 atom stereocenters. The van der Waals surface area contributed by atoms with E-state index in [4.69, 9.17) is 9.15 Å². The fraction of sp³-hybridized carbons (Fsp3) is 0.643. The summed E-state index contributed by atoms with van der Waals surface area (Å²) >= 11 is 3.31. The van der Waals surface area contributed by atoms with Crippen molar-refractivity contribution in [1.29, 1.82) is 0 Å². The molecule has 0 aromatic carbocycles. The average molecular weight is 470 g/mol. The van der Waals surface area contributed by atoms with E-state index in [1.165, 1.54) is 12.8 Å². The summed E-state index contributed by atoms with van der Waals surface area (Å²) in [5.41, 5.74) is 0. The Kier molecular flexibility index (Phi) is 6.36. The monoisotopic (exact) mass is 469 g/mol. The molecule has 2 aliphatic heterocycles. The van der Waals surface area contributed by atoms with Crippen molar-refractivity contribution in [1.82, 2.24) is 10.6 Å². The molecule has 0 amide bonds. The van der Waals surface area contributed by atoms with Crippen LogP contribution in [0.3, 0.4) is 0 Å². The molecule has 21 heavy (non-hydrogen) atoms. The standard InChI is InChI=1S/C14H20BrN3O2.HI/c1-16-14(17-7-6-9-3-5-13(15)20-9)18-11-8-10-2-4-12(11)19-10;/h3,5,10-12H,2,4,6-8H2,1H3,(H2,16,17,18);1H. The zero-order valence-electron chi connectivity index (χ0n) is 12.0. The number of ether oxygens (including phenoxy) is 1. The Morgan fingerprint density at radius 3 is 2.86 bits per heavy atom. The fourth-order valence-electron chi connectivity index (χ4n) is 2.95. The molecule has 118 valence electrons. The lowest BCUT2D eigenvalue weighted by molar-refractivity contribution is 0.0992. The van der Waals surface area contributed by atoms with Crippen molar-refractivity contribution in [2.24, 2.45) is 4.99 Å². The van der Waals surface area contributed by atoms with E-state index in [1.807, 2.05) is 12.1 Å². The maximum atomic E-state index is 5.84. The van der Waals surface area contributed by atoms with Gasteiger partial charge in [0.25, 0.3) is 0 Å². The number of halogens is 2. The van der Waals surface area contributed by atoms with Gasteiger partial charge in [0.15, 0.2) is 10.6 Å². The van der Waals surface area contributed by atoms with Crippen molar-refractivity contribution in [2.45, 2.75) is 43.9 Å². The molecule has 2 saturated heterocycles. The van der Waals surface area contributed by atoms with Crippen LogP contribution in [0.4, 0.5) is 0 Å². The van der Waals surface area contributed by atoms with E-state index in [0.717, 1.165) is 35.8 Å². The Morgan fingerprint density at radius 2 is 2.29 bits per heavy atom. The largest absolute Gasteiger partial charge is 0.454 e. The number of aliphatic imine (C=N–C) groups is 1. The van der Waals surface area contributed by atoms with E-state index in [-0.39, 0.29) is 24.0 Å². The smallest absolute Gasteiger partial charge is 0.191 e. The maximum absolute atomic E-state index is 5.84. The van der Waals surface area contributed by atoms with Gasteiger partial charge in [-0.1, -0.05) is 0 Å². The second-order valence-electron chi connectivity index (χ2n) is 5.32. The molecule has 5 nitrogen and oxygen atoms in total. The summed E-state index contributed by atoms with van der Waals surface area (Å²) in [6.45, 7) is 0.793. The molecule has 1 aromatic heterocycles. The molecule has 3 rings (SSSR count). The minimum Gasteiger partial charge on any atom is -0.454 e. The van der Waals surface area contributed by atoms with Crippen molar-refractivity contribution in [3.63, 3.8) is 0 Å². The Bertz CT molecular complexity index is 494. The lowest BCUT2D eigenvalue weighted by atomic mass is 9.96. The number of furan rings is 1. The quantitative estimate of drug-likeness (QED) is 0.404. The third-order valence-corrected chi connectivity index (χ3v) is 4.37. The first kappa shape index (κ1) is 17.1. The molecule has 2 N–H and O–H groups in total. The minimum atomic E-state index is 0. The first-order valence-corrected chi connectivity index (χ1v) is 7.91. The van der Waals surface area contributed by atoms with Crippen molar-refractivity contribution < 1.29 is 9.15 Å².